The molecule has 2 aromatic carbocycles. The van der Waals surface area contributed by atoms with E-state index in [9.17, 15) is 9.18 Å². The van der Waals surface area contributed by atoms with Gasteiger partial charge in [0.05, 0.1) is 17.5 Å². The van der Waals surface area contributed by atoms with Gasteiger partial charge in [0.1, 0.15) is 12.4 Å². The van der Waals surface area contributed by atoms with E-state index in [1.807, 2.05) is 24.3 Å². The van der Waals surface area contributed by atoms with Gasteiger partial charge in [-0.25, -0.2) is 4.39 Å². The zero-order valence-electron chi connectivity index (χ0n) is 14.0. The molecule has 1 amide bonds. The molecular formula is C18H14FN5OS2. The molecule has 27 heavy (non-hydrogen) atoms. The summed E-state index contributed by atoms with van der Waals surface area (Å²) in [7, 11) is 0. The molecule has 6 nitrogen and oxygen atoms in total. The van der Waals surface area contributed by atoms with Crippen LogP contribution in [0.1, 0.15) is 0 Å². The van der Waals surface area contributed by atoms with Gasteiger partial charge in [-0.3, -0.25) is 9.69 Å². The summed E-state index contributed by atoms with van der Waals surface area (Å²) >= 11 is 2.45. The molecule has 1 N–H and O–H groups in total. The molecule has 0 unspecified atom stereocenters. The van der Waals surface area contributed by atoms with Crippen LogP contribution < -0.4 is 10.2 Å². The highest BCUT2D eigenvalue weighted by atomic mass is 32.2. The van der Waals surface area contributed by atoms with Gasteiger partial charge in [-0.15, -0.1) is 10.2 Å². The van der Waals surface area contributed by atoms with Crippen molar-refractivity contribution >= 4 is 45.5 Å². The standard InChI is InChI=1S/C18H14FN5OS2/c19-14-8-4-5-9-15(14)21-17-22-23-18(27-17)26-12-16(25)24(11-10-20)13-6-2-1-3-7-13/h1-9H,11-12H2,(H,21,22). The Morgan fingerprint density at radius 1 is 1.19 bits per heavy atom. The average Bonchev–Trinajstić information content (AvgIpc) is 3.14. The fraction of sp³-hybridized carbons (Fsp3) is 0.111. The molecule has 0 fully saturated rings. The number of rotatable bonds is 7. The fourth-order valence-corrected chi connectivity index (χ4v) is 3.84. The Morgan fingerprint density at radius 3 is 2.67 bits per heavy atom. The lowest BCUT2D eigenvalue weighted by Gasteiger charge is -2.19. The highest BCUT2D eigenvalue weighted by Gasteiger charge is 2.17. The normalized spacial score (nSPS) is 10.2. The molecule has 0 aliphatic carbocycles. The fourth-order valence-electron chi connectivity index (χ4n) is 2.20. The van der Waals surface area contributed by atoms with Crippen LogP contribution in [-0.4, -0.2) is 28.4 Å². The summed E-state index contributed by atoms with van der Waals surface area (Å²) in [5.74, 6) is -0.469. The molecule has 0 saturated heterocycles. The van der Waals surface area contributed by atoms with Crippen LogP contribution in [0.3, 0.4) is 0 Å². The second kappa shape index (κ2) is 9.12. The molecule has 0 bridgehead atoms. The molecule has 0 spiro atoms. The van der Waals surface area contributed by atoms with Crippen LogP contribution in [0.2, 0.25) is 0 Å². The quantitative estimate of drug-likeness (QED) is 0.476. The maximum atomic E-state index is 13.7. The number of carbonyl (C=O) groups is 1. The number of benzene rings is 2. The largest absolute Gasteiger partial charge is 0.328 e. The topological polar surface area (TPSA) is 81.9 Å². The first-order valence-corrected chi connectivity index (χ1v) is 9.68. The third kappa shape index (κ3) is 5.03. The van der Waals surface area contributed by atoms with Crippen LogP contribution in [0.4, 0.5) is 20.9 Å². The van der Waals surface area contributed by atoms with Gasteiger partial charge in [0.25, 0.3) is 0 Å². The SMILES string of the molecule is N#CCN(C(=O)CSc1nnc(Nc2ccccc2F)s1)c1ccccc1. The van der Waals surface area contributed by atoms with Crippen molar-refractivity contribution in [2.24, 2.45) is 0 Å². The van der Waals surface area contributed by atoms with Crippen LogP contribution in [0.25, 0.3) is 0 Å². The number of thioether (sulfide) groups is 1. The highest BCUT2D eigenvalue weighted by molar-refractivity contribution is 8.01. The molecule has 3 rings (SSSR count). The maximum Gasteiger partial charge on any atom is 0.238 e. The number of para-hydroxylation sites is 2. The van der Waals surface area contributed by atoms with Crippen LogP contribution >= 0.6 is 23.1 Å². The first-order chi connectivity index (χ1) is 13.2. The van der Waals surface area contributed by atoms with Crippen molar-refractivity contribution in [2.45, 2.75) is 4.34 Å². The van der Waals surface area contributed by atoms with Crippen LogP contribution in [0.5, 0.6) is 0 Å². The predicted molar refractivity (Wildman–Crippen MR) is 105 cm³/mol. The summed E-state index contributed by atoms with van der Waals surface area (Å²) in [6.45, 7) is -0.0282. The van der Waals surface area contributed by atoms with Crippen molar-refractivity contribution in [1.82, 2.24) is 10.2 Å². The van der Waals surface area contributed by atoms with Gasteiger partial charge in [0.15, 0.2) is 4.34 Å². The number of nitrogens with one attached hydrogen (secondary N) is 1. The summed E-state index contributed by atoms with van der Waals surface area (Å²) in [5.41, 5.74) is 0.981. The third-order valence-corrected chi connectivity index (χ3v) is 5.40. The molecule has 0 saturated carbocycles. The van der Waals surface area contributed by atoms with E-state index in [0.29, 0.717) is 20.8 Å². The molecule has 0 aliphatic rings. The Morgan fingerprint density at radius 2 is 1.93 bits per heavy atom. The lowest BCUT2D eigenvalue weighted by Crippen LogP contribution is -2.32. The van der Waals surface area contributed by atoms with Crippen molar-refractivity contribution < 1.29 is 9.18 Å². The minimum atomic E-state index is -0.382. The Balaban J connectivity index is 1.61. The minimum Gasteiger partial charge on any atom is -0.328 e. The summed E-state index contributed by atoms with van der Waals surface area (Å²) < 4.78 is 14.2. The molecule has 0 aliphatic heterocycles. The number of hydrogen-bond acceptors (Lipinski definition) is 7. The predicted octanol–water partition coefficient (Wildman–Crippen LogP) is 4.07. The third-order valence-electron chi connectivity index (χ3n) is 3.44. The molecule has 9 heteroatoms. The zero-order valence-corrected chi connectivity index (χ0v) is 15.6. The van der Waals surface area contributed by atoms with Gasteiger partial charge in [-0.1, -0.05) is 53.4 Å². The number of halogens is 1. The van der Waals surface area contributed by atoms with Gasteiger partial charge >= 0.3 is 0 Å². The van der Waals surface area contributed by atoms with Crippen molar-refractivity contribution in [3.05, 3.63) is 60.4 Å². The zero-order chi connectivity index (χ0) is 19.1. The first kappa shape index (κ1) is 18.8. The summed E-state index contributed by atoms with van der Waals surface area (Å²) in [6.07, 6.45) is 0. The number of nitriles is 1. The van der Waals surface area contributed by atoms with E-state index >= 15 is 0 Å². The van der Waals surface area contributed by atoms with Crippen LogP contribution in [0, 0.1) is 17.1 Å². The molecule has 1 aromatic heterocycles. The average molecular weight is 399 g/mol. The minimum absolute atomic E-state index is 0.0282. The van der Waals surface area contributed by atoms with Gasteiger partial charge in [0, 0.05) is 5.69 Å². The van der Waals surface area contributed by atoms with Gasteiger partial charge in [-0.05, 0) is 24.3 Å². The van der Waals surface area contributed by atoms with E-state index in [0.717, 1.165) is 0 Å². The first-order valence-electron chi connectivity index (χ1n) is 7.87. The van der Waals surface area contributed by atoms with Crippen molar-refractivity contribution in [1.29, 1.82) is 5.26 Å². The molecule has 3 aromatic rings. The number of nitrogens with zero attached hydrogens (tertiary/aromatic N) is 4. The van der Waals surface area contributed by atoms with E-state index in [-0.39, 0.29) is 24.0 Å². The van der Waals surface area contributed by atoms with Gasteiger partial charge < -0.3 is 5.32 Å². The number of carbonyl (C=O) groups excluding carboxylic acids is 1. The number of aromatic nitrogens is 2. The van der Waals surface area contributed by atoms with Crippen LogP contribution in [0.15, 0.2) is 58.9 Å². The second-order valence-corrected chi connectivity index (χ2v) is 7.44. The molecular weight excluding hydrogens is 385 g/mol. The monoisotopic (exact) mass is 399 g/mol. The van der Waals surface area contributed by atoms with E-state index in [1.54, 1.807) is 30.3 Å². The Kier molecular flexibility index (Phi) is 6.35. The summed E-state index contributed by atoms with van der Waals surface area (Å²) in [6, 6.07) is 17.3. The van der Waals surface area contributed by atoms with Crippen molar-refractivity contribution in [2.75, 3.05) is 22.5 Å². The molecule has 1 heterocycles. The summed E-state index contributed by atoms with van der Waals surface area (Å²) in [4.78, 5) is 13.9. The van der Waals surface area contributed by atoms with E-state index < -0.39 is 0 Å². The van der Waals surface area contributed by atoms with Crippen molar-refractivity contribution in [3.63, 3.8) is 0 Å². The molecule has 136 valence electrons. The van der Waals surface area contributed by atoms with Crippen LogP contribution in [-0.2, 0) is 4.79 Å². The van der Waals surface area contributed by atoms with E-state index in [1.165, 1.54) is 34.1 Å². The maximum absolute atomic E-state index is 13.7. The smallest absolute Gasteiger partial charge is 0.238 e. The highest BCUT2D eigenvalue weighted by Crippen LogP contribution is 2.29. The van der Waals surface area contributed by atoms with Gasteiger partial charge in [0.2, 0.25) is 11.0 Å². The Hall–Kier alpha value is -2.96. The number of amides is 1. The Labute approximate surface area is 163 Å². The lowest BCUT2D eigenvalue weighted by atomic mass is 10.3. The number of anilines is 3. The Bertz CT molecular complexity index is 958. The van der Waals surface area contributed by atoms with Crippen molar-refractivity contribution in [3.8, 4) is 6.07 Å². The van der Waals surface area contributed by atoms with E-state index in [2.05, 4.69) is 15.5 Å². The van der Waals surface area contributed by atoms with Gasteiger partial charge in [-0.2, -0.15) is 5.26 Å². The summed E-state index contributed by atoms with van der Waals surface area (Å²) in [5, 5.41) is 20.3. The number of hydrogen-bond donors (Lipinski definition) is 1. The second-order valence-electron chi connectivity index (χ2n) is 5.24. The van der Waals surface area contributed by atoms with E-state index in [4.69, 9.17) is 5.26 Å². The molecule has 0 atom stereocenters. The molecule has 0 radical (unpaired) electrons. The lowest BCUT2D eigenvalue weighted by molar-refractivity contribution is -0.116.